The van der Waals surface area contributed by atoms with Gasteiger partial charge in [-0.05, 0) is 43.2 Å². The van der Waals surface area contributed by atoms with Crippen LogP contribution < -0.4 is 20.3 Å². The third-order valence-electron chi connectivity index (χ3n) is 8.74. The fourth-order valence-corrected chi connectivity index (χ4v) is 8.05. The smallest absolute Gasteiger partial charge is 0.321 e. The van der Waals surface area contributed by atoms with Gasteiger partial charge in [-0.3, -0.25) is 4.79 Å². The third-order valence-corrected chi connectivity index (χ3v) is 10.7. The Kier molecular flexibility index (Phi) is 8.20. The van der Waals surface area contributed by atoms with E-state index in [2.05, 4.69) is 15.5 Å². The van der Waals surface area contributed by atoms with Crippen molar-refractivity contribution in [1.29, 1.82) is 0 Å². The van der Waals surface area contributed by atoms with Gasteiger partial charge in [0.15, 0.2) is 0 Å². The van der Waals surface area contributed by atoms with E-state index in [0.717, 1.165) is 9.99 Å². The van der Waals surface area contributed by atoms with E-state index in [1.165, 1.54) is 24.3 Å². The van der Waals surface area contributed by atoms with E-state index in [0.29, 0.717) is 64.3 Å². The summed E-state index contributed by atoms with van der Waals surface area (Å²) < 4.78 is 54.1. The molecule has 2 atom stereocenters. The maximum absolute atomic E-state index is 13.9. The van der Waals surface area contributed by atoms with Crippen LogP contribution in [0.2, 0.25) is 0 Å². The number of halogens is 1. The first-order valence-corrected chi connectivity index (χ1v) is 16.0. The number of carbonyl (C=O) groups excluding carboxylic acids is 2. The van der Waals surface area contributed by atoms with Crippen LogP contribution in [0, 0.1) is 5.82 Å². The van der Waals surface area contributed by atoms with Crippen molar-refractivity contribution in [3.05, 3.63) is 48.3 Å². The predicted molar refractivity (Wildman–Crippen MR) is 155 cm³/mol. The van der Waals surface area contributed by atoms with Crippen LogP contribution in [0.4, 0.5) is 20.6 Å². The van der Waals surface area contributed by atoms with Gasteiger partial charge in [0.05, 0.1) is 25.9 Å². The molecular formula is C29H36FN5O7S. The zero-order valence-electron chi connectivity index (χ0n) is 23.7. The molecule has 3 saturated heterocycles. The number of rotatable bonds is 2. The zero-order valence-corrected chi connectivity index (χ0v) is 24.5. The summed E-state index contributed by atoms with van der Waals surface area (Å²) in [6, 6.07) is 9.16. The number of aliphatic hydroxyl groups is 1. The molecule has 232 valence electrons. The van der Waals surface area contributed by atoms with Gasteiger partial charge in [-0.2, -0.15) is 4.31 Å². The molecular weight excluding hydrogens is 581 g/mol. The van der Waals surface area contributed by atoms with Crippen LogP contribution in [-0.2, 0) is 19.6 Å². The van der Waals surface area contributed by atoms with E-state index < -0.39 is 39.4 Å². The summed E-state index contributed by atoms with van der Waals surface area (Å²) in [5.74, 6) is -0.742. The van der Waals surface area contributed by atoms with Crippen molar-refractivity contribution in [3.8, 4) is 5.75 Å². The number of likely N-dealkylation sites (tertiary alicyclic amines) is 1. The second kappa shape index (κ2) is 11.9. The number of sulfonamides is 1. The molecule has 0 bridgehead atoms. The third kappa shape index (κ3) is 6.14. The summed E-state index contributed by atoms with van der Waals surface area (Å²) in [4.78, 5) is 30.2. The largest absolute Gasteiger partial charge is 0.492 e. The van der Waals surface area contributed by atoms with Gasteiger partial charge in [0, 0.05) is 68.5 Å². The molecule has 43 heavy (non-hydrogen) atoms. The minimum Gasteiger partial charge on any atom is -0.492 e. The number of ether oxygens (including phenoxy) is 2. The molecule has 6 rings (SSSR count). The molecule has 4 aliphatic heterocycles. The number of anilines is 2. The number of nitrogens with one attached hydrogen (secondary N) is 2. The van der Waals surface area contributed by atoms with E-state index in [1.807, 2.05) is 0 Å². The standard InChI is InChI=1S/C29H36FN5O7S/c30-20-2-1-3-21(16-20)31-28(38)34-9-6-29(7-10-34)8-13-42-25-17-22(33-11-14-41-15-12-33)4-5-26(25)43(39,40)35-19-23(36)18-24(35)27(37)32-29/h1-5,16-17,23-24,36H,6-15,18-19H2,(H,31,38)(H,32,37)/t23-,24+/m1/s1. The number of nitrogens with zero attached hydrogens (tertiary/aromatic N) is 3. The van der Waals surface area contributed by atoms with E-state index in [9.17, 15) is 27.5 Å². The fourth-order valence-electron chi connectivity index (χ4n) is 6.30. The number of hydrogen-bond donors (Lipinski definition) is 3. The molecule has 14 heteroatoms. The lowest BCUT2D eigenvalue weighted by molar-refractivity contribution is -0.127. The van der Waals surface area contributed by atoms with Crippen molar-refractivity contribution >= 4 is 33.3 Å². The van der Waals surface area contributed by atoms with Gasteiger partial charge in [-0.1, -0.05) is 6.07 Å². The van der Waals surface area contributed by atoms with Crippen LogP contribution in [0.1, 0.15) is 25.7 Å². The van der Waals surface area contributed by atoms with E-state index in [1.54, 1.807) is 23.1 Å². The Morgan fingerprint density at radius 3 is 2.56 bits per heavy atom. The normalized spacial score (nSPS) is 25.6. The second-order valence-electron chi connectivity index (χ2n) is 11.5. The zero-order chi connectivity index (χ0) is 30.2. The quantitative estimate of drug-likeness (QED) is 0.463. The summed E-state index contributed by atoms with van der Waals surface area (Å²) >= 11 is 0. The average Bonchev–Trinajstić information content (AvgIpc) is 3.40. The number of hydrogen-bond acceptors (Lipinski definition) is 8. The van der Waals surface area contributed by atoms with Crippen LogP contribution in [0.15, 0.2) is 47.4 Å². The second-order valence-corrected chi connectivity index (χ2v) is 13.4. The van der Waals surface area contributed by atoms with Crippen molar-refractivity contribution in [3.63, 3.8) is 0 Å². The molecule has 0 aromatic heterocycles. The van der Waals surface area contributed by atoms with Gasteiger partial charge >= 0.3 is 6.03 Å². The van der Waals surface area contributed by atoms with Gasteiger partial charge in [-0.25, -0.2) is 17.6 Å². The molecule has 4 aliphatic rings. The van der Waals surface area contributed by atoms with E-state index >= 15 is 0 Å². The van der Waals surface area contributed by atoms with Crippen molar-refractivity contribution in [2.24, 2.45) is 0 Å². The van der Waals surface area contributed by atoms with Gasteiger partial charge < -0.3 is 35.0 Å². The molecule has 12 nitrogen and oxygen atoms in total. The Hall–Kier alpha value is -3.46. The molecule has 3 amide bonds. The summed E-state index contributed by atoms with van der Waals surface area (Å²) in [5.41, 5.74) is 0.395. The number of aliphatic hydroxyl groups excluding tert-OH is 1. The number of piperidine rings is 1. The van der Waals surface area contributed by atoms with Gasteiger partial charge in [0.25, 0.3) is 0 Å². The summed E-state index contributed by atoms with van der Waals surface area (Å²) in [5, 5.41) is 16.3. The summed E-state index contributed by atoms with van der Waals surface area (Å²) in [7, 11) is -4.19. The number of benzene rings is 2. The van der Waals surface area contributed by atoms with Crippen LogP contribution in [0.3, 0.4) is 0 Å². The molecule has 3 N–H and O–H groups in total. The Balaban J connectivity index is 1.25. The average molecular weight is 618 g/mol. The van der Waals surface area contributed by atoms with Crippen molar-refractivity contribution in [1.82, 2.24) is 14.5 Å². The molecule has 0 unspecified atom stereocenters. The summed E-state index contributed by atoms with van der Waals surface area (Å²) in [6.07, 6.45) is 0.178. The molecule has 0 radical (unpaired) electrons. The predicted octanol–water partition coefficient (Wildman–Crippen LogP) is 1.75. The lowest BCUT2D eigenvalue weighted by Crippen LogP contribution is -2.60. The number of fused-ring (bicyclic) bond motifs is 2. The minimum atomic E-state index is -4.19. The Morgan fingerprint density at radius 2 is 1.81 bits per heavy atom. The van der Waals surface area contributed by atoms with Crippen LogP contribution in [-0.4, -0.2) is 105 Å². The monoisotopic (exact) mass is 617 g/mol. The molecule has 3 fully saturated rings. The number of urea groups is 1. The number of morpholine rings is 1. The van der Waals surface area contributed by atoms with Crippen molar-refractivity contribution in [2.75, 3.05) is 62.8 Å². The van der Waals surface area contributed by atoms with E-state index in [-0.39, 0.29) is 36.2 Å². The lowest BCUT2D eigenvalue weighted by atomic mass is 9.84. The Morgan fingerprint density at radius 1 is 1.05 bits per heavy atom. The van der Waals surface area contributed by atoms with Gasteiger partial charge in [0.1, 0.15) is 22.5 Å². The van der Waals surface area contributed by atoms with Crippen LogP contribution >= 0.6 is 0 Å². The van der Waals surface area contributed by atoms with E-state index in [4.69, 9.17) is 9.47 Å². The molecule has 1 spiro atoms. The highest BCUT2D eigenvalue weighted by Crippen LogP contribution is 2.37. The number of amides is 3. The number of carbonyl (C=O) groups is 2. The molecule has 0 aliphatic carbocycles. The molecule has 4 heterocycles. The maximum atomic E-state index is 13.9. The van der Waals surface area contributed by atoms with Crippen LogP contribution in [0.5, 0.6) is 5.75 Å². The molecule has 2 aromatic rings. The first kappa shape index (κ1) is 29.6. The first-order chi connectivity index (χ1) is 20.6. The van der Waals surface area contributed by atoms with Gasteiger partial charge in [0.2, 0.25) is 15.9 Å². The summed E-state index contributed by atoms with van der Waals surface area (Å²) in [6.45, 7) is 3.02. The van der Waals surface area contributed by atoms with Crippen molar-refractivity contribution < 1.29 is 37.0 Å². The fraction of sp³-hybridized carbons (Fsp3) is 0.517. The lowest BCUT2D eigenvalue weighted by Gasteiger charge is -2.43. The first-order valence-electron chi connectivity index (χ1n) is 14.6. The highest BCUT2D eigenvalue weighted by molar-refractivity contribution is 7.89. The SMILES string of the molecule is O=C1NC2(CCOc3cc(N4CCOCC4)ccc3S(=O)(=O)N3C[C@H](O)C[C@@H]13)CCN(C(=O)Nc1cccc(F)c1)CC2. The van der Waals surface area contributed by atoms with Crippen LogP contribution in [0.25, 0.3) is 0 Å². The Labute approximate surface area is 249 Å². The topological polar surface area (TPSA) is 141 Å². The minimum absolute atomic E-state index is 0.0225. The molecule has 0 saturated carbocycles. The Bertz CT molecular complexity index is 1480. The maximum Gasteiger partial charge on any atom is 0.321 e. The molecule has 2 aromatic carbocycles. The highest BCUT2D eigenvalue weighted by Gasteiger charge is 2.47. The van der Waals surface area contributed by atoms with Gasteiger partial charge in [-0.15, -0.1) is 0 Å². The highest BCUT2D eigenvalue weighted by atomic mass is 32.2. The van der Waals surface area contributed by atoms with Crippen molar-refractivity contribution in [2.45, 2.75) is 48.3 Å².